The van der Waals surface area contributed by atoms with E-state index in [1.165, 1.54) is 14.7 Å². The van der Waals surface area contributed by atoms with Gasteiger partial charge in [-0.15, -0.1) is 0 Å². The van der Waals surface area contributed by atoms with Crippen LogP contribution in [0.5, 0.6) is 0 Å². The summed E-state index contributed by atoms with van der Waals surface area (Å²) in [6.45, 7) is 0.961. The number of Topliss-reactive ketones (excluding diaryl/α,β-unsaturated/α-hetero) is 1. The molecule has 1 saturated heterocycles. The summed E-state index contributed by atoms with van der Waals surface area (Å²) in [5.41, 5.74) is -0.484. The maximum absolute atomic E-state index is 13.8. The van der Waals surface area contributed by atoms with Crippen molar-refractivity contribution in [3.63, 3.8) is 0 Å². The Bertz CT molecular complexity index is 1140. The fourth-order valence-corrected chi connectivity index (χ4v) is 4.74. The van der Waals surface area contributed by atoms with Crippen LogP contribution in [0.4, 0.5) is 5.69 Å². The molecule has 1 unspecified atom stereocenters. The van der Waals surface area contributed by atoms with Crippen LogP contribution in [0.2, 0.25) is 5.02 Å². The molecular weight excluding hydrogens is 430 g/mol. The van der Waals surface area contributed by atoms with Crippen molar-refractivity contribution in [1.82, 2.24) is 4.90 Å². The van der Waals surface area contributed by atoms with Crippen molar-refractivity contribution in [1.29, 1.82) is 0 Å². The van der Waals surface area contributed by atoms with E-state index < -0.39 is 23.1 Å². The smallest absolute Gasteiger partial charge is 0.296 e. The molecule has 166 valence electrons. The van der Waals surface area contributed by atoms with Crippen LogP contribution in [-0.2, 0) is 19.9 Å². The predicted molar refractivity (Wildman–Crippen MR) is 122 cm³/mol. The summed E-state index contributed by atoms with van der Waals surface area (Å²) >= 11 is 5.97. The zero-order valence-corrected chi connectivity index (χ0v) is 18.9. The highest BCUT2D eigenvalue weighted by atomic mass is 35.5. The Morgan fingerprint density at radius 3 is 2.38 bits per heavy atom. The van der Waals surface area contributed by atoms with Crippen LogP contribution in [0, 0.1) is 0 Å². The summed E-state index contributed by atoms with van der Waals surface area (Å²) in [5, 5.41) is 11.7. The third-order valence-corrected chi connectivity index (χ3v) is 6.37. The molecule has 1 spiro atoms. The maximum Gasteiger partial charge on any atom is 0.296 e. The normalized spacial score (nSPS) is 21.8. The molecule has 2 heterocycles. The number of aliphatic hydroxyl groups is 1. The van der Waals surface area contributed by atoms with E-state index in [4.69, 9.17) is 11.6 Å². The highest BCUT2D eigenvalue weighted by molar-refractivity contribution is 6.50. The number of carbonyl (C=O) groups is 3. The molecule has 2 aromatic carbocycles. The lowest BCUT2D eigenvalue weighted by molar-refractivity contribution is -0.858. The van der Waals surface area contributed by atoms with E-state index in [1.807, 2.05) is 14.1 Å². The molecule has 2 aliphatic heterocycles. The Morgan fingerprint density at radius 2 is 1.72 bits per heavy atom. The van der Waals surface area contributed by atoms with Crippen LogP contribution in [-0.4, -0.2) is 61.8 Å². The van der Waals surface area contributed by atoms with Crippen LogP contribution in [0.15, 0.2) is 54.1 Å². The van der Waals surface area contributed by atoms with Gasteiger partial charge in [0.25, 0.3) is 17.6 Å². The van der Waals surface area contributed by atoms with Gasteiger partial charge in [-0.25, -0.2) is 0 Å². The predicted octanol–water partition coefficient (Wildman–Crippen LogP) is 1.43. The molecule has 7 nitrogen and oxygen atoms in total. The number of likely N-dealkylation sites (N-methyl/N-ethyl adjacent to an activating group) is 1. The number of anilines is 1. The topological polar surface area (TPSA) is 82.4 Å². The minimum absolute atomic E-state index is 0.205. The number of aliphatic hydroxyl groups excluding tert-OH is 1. The third-order valence-electron chi connectivity index (χ3n) is 6.12. The molecule has 0 saturated carbocycles. The highest BCUT2D eigenvalue weighted by Crippen LogP contribution is 2.53. The number of para-hydroxylation sites is 1. The number of nitrogens with zero attached hydrogens (tertiary/aromatic N) is 2. The Labute approximate surface area is 191 Å². The van der Waals surface area contributed by atoms with Gasteiger partial charge in [0, 0.05) is 41.9 Å². The van der Waals surface area contributed by atoms with Crippen molar-refractivity contribution < 1.29 is 24.4 Å². The summed E-state index contributed by atoms with van der Waals surface area (Å²) in [7, 11) is 5.60. The molecule has 32 heavy (non-hydrogen) atoms. The van der Waals surface area contributed by atoms with E-state index in [-0.39, 0.29) is 17.9 Å². The van der Waals surface area contributed by atoms with Gasteiger partial charge in [0.2, 0.25) is 0 Å². The maximum atomic E-state index is 13.8. The van der Waals surface area contributed by atoms with Crippen molar-refractivity contribution in [2.24, 2.45) is 0 Å². The van der Waals surface area contributed by atoms with Gasteiger partial charge < -0.3 is 19.8 Å². The molecule has 0 aromatic heterocycles. The minimum atomic E-state index is -1.70. The van der Waals surface area contributed by atoms with E-state index >= 15 is 0 Å². The van der Waals surface area contributed by atoms with E-state index in [1.54, 1.807) is 55.6 Å². The van der Waals surface area contributed by atoms with Gasteiger partial charge in [-0.2, -0.15) is 0 Å². The van der Waals surface area contributed by atoms with Gasteiger partial charge in [-0.1, -0.05) is 29.8 Å². The average molecular weight is 455 g/mol. The molecule has 1 atom stereocenters. The van der Waals surface area contributed by atoms with Crippen molar-refractivity contribution in [3.05, 3.63) is 70.3 Å². The summed E-state index contributed by atoms with van der Waals surface area (Å²) in [4.78, 5) is 44.3. The number of halogens is 1. The lowest BCUT2D eigenvalue weighted by Gasteiger charge is -2.34. The van der Waals surface area contributed by atoms with Gasteiger partial charge in [0.15, 0.2) is 5.54 Å². The molecular formula is C24H25ClN3O4+. The van der Waals surface area contributed by atoms with Crippen molar-refractivity contribution >= 4 is 40.6 Å². The van der Waals surface area contributed by atoms with Gasteiger partial charge >= 0.3 is 0 Å². The van der Waals surface area contributed by atoms with Crippen LogP contribution in [0.3, 0.4) is 0 Å². The minimum Gasteiger partial charge on any atom is -0.507 e. The van der Waals surface area contributed by atoms with Crippen molar-refractivity contribution in [3.8, 4) is 0 Å². The van der Waals surface area contributed by atoms with E-state index in [0.717, 1.165) is 6.54 Å². The number of ketones is 1. The number of rotatable bonds is 5. The molecule has 0 aliphatic carbocycles. The van der Waals surface area contributed by atoms with Crippen molar-refractivity contribution in [2.75, 3.05) is 39.1 Å². The fourth-order valence-electron chi connectivity index (χ4n) is 4.61. The first-order valence-corrected chi connectivity index (χ1v) is 10.8. The first-order chi connectivity index (χ1) is 15.2. The first kappa shape index (κ1) is 22.0. The number of hydrogen-bond donors (Lipinski definition) is 2. The molecule has 1 fully saturated rings. The van der Waals surface area contributed by atoms with Gasteiger partial charge in [-0.3, -0.25) is 14.4 Å². The number of benzene rings is 2. The summed E-state index contributed by atoms with van der Waals surface area (Å²) in [6.07, 6.45) is 0.594. The van der Waals surface area contributed by atoms with E-state index in [0.29, 0.717) is 28.3 Å². The lowest BCUT2D eigenvalue weighted by atomic mass is 9.82. The molecule has 2 amide bonds. The van der Waals surface area contributed by atoms with Gasteiger partial charge in [0.05, 0.1) is 26.2 Å². The quantitative estimate of drug-likeness (QED) is 0.407. The molecule has 0 radical (unpaired) electrons. The van der Waals surface area contributed by atoms with Crippen LogP contribution in [0.25, 0.3) is 5.76 Å². The Hall–Kier alpha value is -3.16. The van der Waals surface area contributed by atoms with E-state index in [2.05, 4.69) is 0 Å². The second kappa shape index (κ2) is 8.07. The second-order valence-electron chi connectivity index (χ2n) is 8.42. The summed E-state index contributed by atoms with van der Waals surface area (Å²) in [6, 6.07) is 13.3. The number of amides is 2. The van der Waals surface area contributed by atoms with Crippen LogP contribution in [0.1, 0.15) is 17.5 Å². The molecule has 2 aromatic rings. The molecule has 2 aliphatic rings. The SMILES string of the molecule is CN1C(=O)C2(C(=C(O)c3ccc(Cl)cc3)C(=O)C(=O)N2CCC[NH+](C)C)c2ccccc21. The number of carbonyl (C=O) groups excluding carboxylic acids is 3. The Morgan fingerprint density at radius 1 is 1.06 bits per heavy atom. The average Bonchev–Trinajstić information content (AvgIpc) is 3.13. The molecule has 8 heteroatoms. The summed E-state index contributed by atoms with van der Waals surface area (Å²) in [5.74, 6) is -2.48. The Kier molecular flexibility index (Phi) is 5.56. The highest BCUT2D eigenvalue weighted by Gasteiger charge is 2.66. The van der Waals surface area contributed by atoms with Gasteiger partial charge in [0.1, 0.15) is 5.76 Å². The van der Waals surface area contributed by atoms with Crippen LogP contribution < -0.4 is 9.80 Å². The standard InChI is InChI=1S/C24H24ClN3O4/c1-26(2)13-6-14-28-22(31)21(30)19(20(29)15-9-11-16(25)12-10-15)24(28)17-7-4-5-8-18(17)27(3)23(24)32/h4-5,7-12,29H,6,13-14H2,1-3H3/p+1. The monoisotopic (exact) mass is 454 g/mol. The van der Waals surface area contributed by atoms with Gasteiger partial charge in [-0.05, 0) is 30.3 Å². The number of quaternary nitrogens is 1. The Balaban J connectivity index is 1.98. The first-order valence-electron chi connectivity index (χ1n) is 10.4. The zero-order valence-electron chi connectivity index (χ0n) is 18.2. The molecule has 0 bridgehead atoms. The lowest BCUT2D eigenvalue weighted by Crippen LogP contribution is -3.05. The van der Waals surface area contributed by atoms with E-state index in [9.17, 15) is 19.5 Å². The second-order valence-corrected chi connectivity index (χ2v) is 8.86. The largest absolute Gasteiger partial charge is 0.507 e. The van der Waals surface area contributed by atoms with Crippen molar-refractivity contribution in [2.45, 2.75) is 12.0 Å². The van der Waals surface area contributed by atoms with Crippen LogP contribution >= 0.6 is 11.6 Å². The number of likely N-dealkylation sites (tertiary alicyclic amines) is 1. The zero-order chi connectivity index (χ0) is 23.2. The number of hydrogen-bond acceptors (Lipinski definition) is 4. The summed E-state index contributed by atoms with van der Waals surface area (Å²) < 4.78 is 0. The molecule has 2 N–H and O–H groups in total. The third kappa shape index (κ3) is 3.12. The number of fused-ring (bicyclic) bond motifs is 2. The molecule has 4 rings (SSSR count). The number of nitrogens with one attached hydrogen (secondary N) is 1. The fraction of sp³-hybridized carbons (Fsp3) is 0.292.